The highest BCUT2D eigenvalue weighted by molar-refractivity contribution is 6.08. The van der Waals surface area contributed by atoms with Gasteiger partial charge in [-0.3, -0.25) is 4.79 Å². The fraction of sp³-hybridized carbons (Fsp3) is 0.0625. The molecule has 23 heavy (non-hydrogen) atoms. The third kappa shape index (κ3) is 3.08. The predicted molar refractivity (Wildman–Crippen MR) is 72.6 cm³/mol. The van der Waals surface area contributed by atoms with Crippen LogP contribution in [0, 0.1) is 29.1 Å². The number of hydrogen-bond donors (Lipinski definition) is 0. The normalized spacial score (nSPS) is 11.0. The summed E-state index contributed by atoms with van der Waals surface area (Å²) in [5.74, 6) is -10.9. The molecule has 120 valence electrons. The van der Waals surface area contributed by atoms with Crippen LogP contribution in [0.1, 0.15) is 15.9 Å². The number of methoxy groups -OCH3 is 1. The van der Waals surface area contributed by atoms with E-state index in [1.165, 1.54) is 25.3 Å². The number of ketones is 1. The second-order valence-electron chi connectivity index (χ2n) is 4.38. The maximum atomic E-state index is 13.5. The number of allylic oxidation sites excluding steroid dienone is 1. The molecule has 0 aromatic heterocycles. The van der Waals surface area contributed by atoms with E-state index in [0.717, 1.165) is 0 Å². The first-order valence-corrected chi connectivity index (χ1v) is 6.25. The summed E-state index contributed by atoms with van der Waals surface area (Å²) in [6.07, 6.45) is 1.24. The van der Waals surface area contributed by atoms with Crippen molar-refractivity contribution in [1.29, 1.82) is 0 Å². The van der Waals surface area contributed by atoms with Gasteiger partial charge in [0.15, 0.2) is 29.1 Å². The molecule has 0 N–H and O–H groups in total. The number of ether oxygens (including phenoxy) is 1. The van der Waals surface area contributed by atoms with Gasteiger partial charge in [-0.25, -0.2) is 22.0 Å². The van der Waals surface area contributed by atoms with Crippen LogP contribution in [-0.4, -0.2) is 12.9 Å². The summed E-state index contributed by atoms with van der Waals surface area (Å²) in [5, 5.41) is 0. The molecule has 2 aromatic carbocycles. The number of rotatable bonds is 4. The first kappa shape index (κ1) is 16.7. The number of hydrogen-bond acceptors (Lipinski definition) is 2. The second kappa shape index (κ2) is 6.60. The molecule has 0 heterocycles. The predicted octanol–water partition coefficient (Wildman–Crippen LogP) is 4.29. The first-order chi connectivity index (χ1) is 10.9. The summed E-state index contributed by atoms with van der Waals surface area (Å²) in [6, 6.07) is 6.01. The number of halogens is 5. The lowest BCUT2D eigenvalue weighted by molar-refractivity contribution is 0.104. The minimum atomic E-state index is -2.26. The van der Waals surface area contributed by atoms with Gasteiger partial charge in [0.1, 0.15) is 5.75 Å². The summed E-state index contributed by atoms with van der Waals surface area (Å²) in [5.41, 5.74) is -1.11. The van der Waals surface area contributed by atoms with E-state index in [9.17, 15) is 26.7 Å². The van der Waals surface area contributed by atoms with Gasteiger partial charge < -0.3 is 4.74 Å². The Morgan fingerprint density at radius 3 is 2.00 bits per heavy atom. The van der Waals surface area contributed by atoms with E-state index >= 15 is 0 Å². The monoisotopic (exact) mass is 328 g/mol. The topological polar surface area (TPSA) is 26.3 Å². The minimum absolute atomic E-state index is 0.0788. The van der Waals surface area contributed by atoms with Gasteiger partial charge >= 0.3 is 0 Å². The van der Waals surface area contributed by atoms with Crippen LogP contribution in [0.5, 0.6) is 5.75 Å². The second-order valence-corrected chi connectivity index (χ2v) is 4.38. The SMILES string of the molecule is COc1ccccc1C(=O)/C=C/c1c(F)c(F)c(F)c(F)c1F. The highest BCUT2D eigenvalue weighted by atomic mass is 19.2. The molecule has 0 radical (unpaired) electrons. The number of benzene rings is 2. The maximum absolute atomic E-state index is 13.5. The lowest BCUT2D eigenvalue weighted by atomic mass is 10.1. The lowest BCUT2D eigenvalue weighted by Gasteiger charge is -2.05. The van der Waals surface area contributed by atoms with Crippen molar-refractivity contribution < 1.29 is 31.5 Å². The zero-order valence-electron chi connectivity index (χ0n) is 11.7. The van der Waals surface area contributed by atoms with Crippen LogP contribution in [0.4, 0.5) is 22.0 Å². The molecule has 2 rings (SSSR count). The van der Waals surface area contributed by atoms with Gasteiger partial charge in [0.05, 0.1) is 18.2 Å². The molecule has 0 unspecified atom stereocenters. The first-order valence-electron chi connectivity index (χ1n) is 6.25. The van der Waals surface area contributed by atoms with Crippen LogP contribution in [-0.2, 0) is 0 Å². The third-order valence-corrected chi connectivity index (χ3v) is 3.02. The number of para-hydroxylation sites is 1. The van der Waals surface area contributed by atoms with Crippen LogP contribution >= 0.6 is 0 Å². The van der Waals surface area contributed by atoms with Gasteiger partial charge in [0.2, 0.25) is 5.82 Å². The molecule has 0 spiro atoms. The van der Waals surface area contributed by atoms with E-state index in [0.29, 0.717) is 12.2 Å². The molecule has 7 heteroatoms. The molecule has 0 bridgehead atoms. The van der Waals surface area contributed by atoms with Crippen molar-refractivity contribution in [3.63, 3.8) is 0 Å². The minimum Gasteiger partial charge on any atom is -0.496 e. The fourth-order valence-corrected chi connectivity index (χ4v) is 1.87. The molecular formula is C16H9F5O2. The van der Waals surface area contributed by atoms with Gasteiger partial charge in [-0.15, -0.1) is 0 Å². The summed E-state index contributed by atoms with van der Waals surface area (Å²) in [4.78, 5) is 12.0. The molecule has 0 aliphatic heterocycles. The van der Waals surface area contributed by atoms with Crippen molar-refractivity contribution in [2.75, 3.05) is 7.11 Å². The molecule has 0 atom stereocenters. The average Bonchev–Trinajstić information content (AvgIpc) is 2.57. The zero-order valence-corrected chi connectivity index (χ0v) is 11.7. The Morgan fingerprint density at radius 1 is 0.913 bits per heavy atom. The van der Waals surface area contributed by atoms with Crippen LogP contribution in [0.3, 0.4) is 0 Å². The maximum Gasteiger partial charge on any atom is 0.200 e. The van der Waals surface area contributed by atoms with E-state index in [-0.39, 0.29) is 11.3 Å². The van der Waals surface area contributed by atoms with Gasteiger partial charge in [-0.2, -0.15) is 0 Å². The van der Waals surface area contributed by atoms with Crippen molar-refractivity contribution in [1.82, 2.24) is 0 Å². The van der Waals surface area contributed by atoms with Crippen molar-refractivity contribution >= 4 is 11.9 Å². The van der Waals surface area contributed by atoms with Crippen molar-refractivity contribution in [2.45, 2.75) is 0 Å². The van der Waals surface area contributed by atoms with E-state index in [1.807, 2.05) is 0 Å². The summed E-state index contributed by atoms with van der Waals surface area (Å²) < 4.78 is 71.0. The van der Waals surface area contributed by atoms with E-state index < -0.39 is 40.4 Å². The molecule has 0 saturated heterocycles. The molecule has 0 aliphatic rings. The Hall–Kier alpha value is -2.70. The number of carbonyl (C=O) groups is 1. The lowest BCUT2D eigenvalue weighted by Crippen LogP contribution is -2.04. The van der Waals surface area contributed by atoms with E-state index in [2.05, 4.69) is 0 Å². The Balaban J connectivity index is 2.43. The Bertz CT molecular complexity index is 770. The number of carbonyl (C=O) groups excluding carboxylic acids is 1. The molecule has 0 saturated carbocycles. The zero-order chi connectivity index (χ0) is 17.1. The molecule has 2 aromatic rings. The smallest absolute Gasteiger partial charge is 0.200 e. The largest absolute Gasteiger partial charge is 0.496 e. The standard InChI is InChI=1S/C16H9F5O2/c1-23-11-5-3-2-4-8(11)10(22)7-6-9-12(17)14(19)16(21)15(20)13(9)18/h2-7H,1H3/b7-6+. The molecule has 2 nitrogen and oxygen atoms in total. The summed E-state index contributed by atoms with van der Waals surface area (Å²) in [6.45, 7) is 0. The Labute approximate surface area is 127 Å². The molecule has 0 fully saturated rings. The van der Waals surface area contributed by atoms with Gasteiger partial charge in [0, 0.05) is 0 Å². The van der Waals surface area contributed by atoms with Crippen LogP contribution < -0.4 is 4.74 Å². The van der Waals surface area contributed by atoms with Crippen LogP contribution in [0.15, 0.2) is 30.3 Å². The highest BCUT2D eigenvalue weighted by Gasteiger charge is 2.24. The van der Waals surface area contributed by atoms with Crippen LogP contribution in [0.2, 0.25) is 0 Å². The molecular weight excluding hydrogens is 319 g/mol. The van der Waals surface area contributed by atoms with Gasteiger partial charge in [0.25, 0.3) is 0 Å². The quantitative estimate of drug-likeness (QED) is 0.275. The Kier molecular flexibility index (Phi) is 4.78. The fourth-order valence-electron chi connectivity index (χ4n) is 1.87. The van der Waals surface area contributed by atoms with Crippen molar-refractivity contribution in [3.05, 3.63) is 70.6 Å². The highest BCUT2D eigenvalue weighted by Crippen LogP contribution is 2.25. The van der Waals surface area contributed by atoms with E-state index in [1.54, 1.807) is 6.07 Å². The van der Waals surface area contributed by atoms with Gasteiger partial charge in [-0.1, -0.05) is 12.1 Å². The van der Waals surface area contributed by atoms with Crippen molar-refractivity contribution in [2.24, 2.45) is 0 Å². The Morgan fingerprint density at radius 2 is 1.43 bits per heavy atom. The summed E-state index contributed by atoms with van der Waals surface area (Å²) >= 11 is 0. The summed E-state index contributed by atoms with van der Waals surface area (Å²) in [7, 11) is 1.32. The molecule has 0 amide bonds. The van der Waals surface area contributed by atoms with E-state index in [4.69, 9.17) is 4.74 Å². The molecule has 0 aliphatic carbocycles. The van der Waals surface area contributed by atoms with Crippen LogP contribution in [0.25, 0.3) is 6.08 Å². The third-order valence-electron chi connectivity index (χ3n) is 3.02. The average molecular weight is 328 g/mol. The van der Waals surface area contributed by atoms with Gasteiger partial charge in [-0.05, 0) is 24.3 Å². The van der Waals surface area contributed by atoms with Crippen molar-refractivity contribution in [3.8, 4) is 5.75 Å².